The zero-order valence-corrected chi connectivity index (χ0v) is 11.9. The molecule has 1 fully saturated rings. The smallest absolute Gasteiger partial charge is 0.273 e. The highest BCUT2D eigenvalue weighted by molar-refractivity contribution is 6.03. The molecule has 0 bridgehead atoms. The Bertz CT molecular complexity index is 700. The zero-order chi connectivity index (χ0) is 14.8. The van der Waals surface area contributed by atoms with E-state index in [0.717, 1.165) is 24.2 Å². The van der Waals surface area contributed by atoms with Crippen molar-refractivity contribution in [1.82, 2.24) is 14.8 Å². The normalized spacial score (nSPS) is 15.0. The molecule has 0 spiro atoms. The third kappa shape index (κ3) is 2.55. The second-order valence-corrected chi connectivity index (χ2v) is 5.43. The van der Waals surface area contributed by atoms with Crippen molar-refractivity contribution in [3.63, 3.8) is 0 Å². The van der Waals surface area contributed by atoms with Crippen molar-refractivity contribution in [2.75, 3.05) is 5.32 Å². The van der Waals surface area contributed by atoms with Crippen LogP contribution in [0.4, 0.5) is 5.82 Å². The predicted molar refractivity (Wildman–Crippen MR) is 77.9 cm³/mol. The molecule has 108 valence electrons. The van der Waals surface area contributed by atoms with Crippen LogP contribution in [0.3, 0.4) is 0 Å². The highest BCUT2D eigenvalue weighted by Crippen LogP contribution is 2.32. The summed E-state index contributed by atoms with van der Waals surface area (Å²) in [6, 6.07) is 3.91. The molecule has 3 rings (SSSR count). The monoisotopic (exact) mass is 283 g/mol. The molecule has 6 heteroatoms. The van der Waals surface area contributed by atoms with Crippen molar-refractivity contribution in [1.29, 1.82) is 5.26 Å². The Morgan fingerprint density at radius 1 is 1.52 bits per heavy atom. The van der Waals surface area contributed by atoms with Crippen LogP contribution >= 0.6 is 0 Å². The standard InChI is InChI=1S/C15H17N5O/c1-10-8-18-20(12-4-2-3-5-12)14(10)19-15(21)13-6-11(7-16)9-17-13/h6,8-9,12,17H,2-5H2,1H3,(H,19,21). The number of nitriles is 1. The van der Waals surface area contributed by atoms with Gasteiger partial charge < -0.3 is 10.3 Å². The average Bonchev–Trinajstić information content (AvgIpc) is 3.20. The van der Waals surface area contributed by atoms with E-state index in [0.29, 0.717) is 17.3 Å². The van der Waals surface area contributed by atoms with E-state index in [2.05, 4.69) is 15.4 Å². The molecule has 21 heavy (non-hydrogen) atoms. The van der Waals surface area contributed by atoms with E-state index in [1.165, 1.54) is 19.0 Å². The number of aryl methyl sites for hydroxylation is 1. The lowest BCUT2D eigenvalue weighted by Crippen LogP contribution is -2.18. The van der Waals surface area contributed by atoms with Gasteiger partial charge in [0.25, 0.3) is 5.91 Å². The molecule has 2 N–H and O–H groups in total. The summed E-state index contributed by atoms with van der Waals surface area (Å²) >= 11 is 0. The molecule has 1 saturated carbocycles. The van der Waals surface area contributed by atoms with Crippen molar-refractivity contribution in [2.24, 2.45) is 0 Å². The van der Waals surface area contributed by atoms with Crippen LogP contribution in [0.2, 0.25) is 0 Å². The van der Waals surface area contributed by atoms with Crippen molar-refractivity contribution < 1.29 is 4.79 Å². The fourth-order valence-electron chi connectivity index (χ4n) is 2.79. The lowest BCUT2D eigenvalue weighted by molar-refractivity contribution is 0.102. The van der Waals surface area contributed by atoms with Crippen molar-refractivity contribution in [2.45, 2.75) is 38.6 Å². The van der Waals surface area contributed by atoms with E-state index in [9.17, 15) is 4.79 Å². The molecule has 0 unspecified atom stereocenters. The third-order valence-corrected chi connectivity index (χ3v) is 3.94. The fraction of sp³-hybridized carbons (Fsp3) is 0.400. The van der Waals surface area contributed by atoms with E-state index in [-0.39, 0.29) is 5.91 Å². The van der Waals surface area contributed by atoms with E-state index < -0.39 is 0 Å². The van der Waals surface area contributed by atoms with Crippen molar-refractivity contribution in [3.8, 4) is 6.07 Å². The first-order valence-corrected chi connectivity index (χ1v) is 7.13. The van der Waals surface area contributed by atoms with E-state index in [4.69, 9.17) is 5.26 Å². The molecular weight excluding hydrogens is 266 g/mol. The summed E-state index contributed by atoms with van der Waals surface area (Å²) in [5, 5.41) is 16.1. The van der Waals surface area contributed by atoms with Crippen LogP contribution in [0.1, 0.15) is 53.3 Å². The third-order valence-electron chi connectivity index (χ3n) is 3.94. The van der Waals surface area contributed by atoms with E-state index >= 15 is 0 Å². The number of aromatic amines is 1. The molecule has 0 aliphatic heterocycles. The molecular formula is C15H17N5O. The molecule has 0 atom stereocenters. The quantitative estimate of drug-likeness (QED) is 0.908. The van der Waals surface area contributed by atoms with Gasteiger partial charge in [-0.1, -0.05) is 12.8 Å². The Morgan fingerprint density at radius 2 is 2.29 bits per heavy atom. The highest BCUT2D eigenvalue weighted by atomic mass is 16.2. The van der Waals surface area contributed by atoms with Crippen LogP contribution in [0, 0.1) is 18.3 Å². The molecule has 0 saturated heterocycles. The van der Waals surface area contributed by atoms with Crippen LogP contribution < -0.4 is 5.32 Å². The molecule has 1 aliphatic rings. The van der Waals surface area contributed by atoms with Gasteiger partial charge in [-0.15, -0.1) is 0 Å². The minimum Gasteiger partial charge on any atom is -0.356 e. The number of carbonyl (C=O) groups is 1. The number of amides is 1. The largest absolute Gasteiger partial charge is 0.356 e. The number of nitrogens with one attached hydrogen (secondary N) is 2. The number of rotatable bonds is 3. The summed E-state index contributed by atoms with van der Waals surface area (Å²) in [7, 11) is 0. The summed E-state index contributed by atoms with van der Waals surface area (Å²) < 4.78 is 1.92. The summed E-state index contributed by atoms with van der Waals surface area (Å²) in [5.41, 5.74) is 1.77. The number of H-pyrrole nitrogens is 1. The maximum atomic E-state index is 12.3. The van der Waals surface area contributed by atoms with Gasteiger partial charge in [-0.25, -0.2) is 4.68 Å². The van der Waals surface area contributed by atoms with Crippen LogP contribution in [0.15, 0.2) is 18.5 Å². The Hall–Kier alpha value is -2.55. The number of anilines is 1. The number of aromatic nitrogens is 3. The van der Waals surface area contributed by atoms with Gasteiger partial charge in [-0.3, -0.25) is 4.79 Å². The molecule has 0 aromatic carbocycles. The number of hydrogen-bond acceptors (Lipinski definition) is 3. The Balaban J connectivity index is 1.82. The predicted octanol–water partition coefficient (Wildman–Crippen LogP) is 2.76. The van der Waals surface area contributed by atoms with Gasteiger partial charge in [0.05, 0.1) is 17.8 Å². The molecule has 2 heterocycles. The van der Waals surface area contributed by atoms with Gasteiger partial charge in [0, 0.05) is 11.8 Å². The summed E-state index contributed by atoms with van der Waals surface area (Å²) in [6.07, 6.45) is 7.92. The number of nitrogens with zero attached hydrogens (tertiary/aromatic N) is 3. The van der Waals surface area contributed by atoms with Crippen LogP contribution in [-0.4, -0.2) is 20.7 Å². The minimum absolute atomic E-state index is 0.251. The Kier molecular flexibility index (Phi) is 3.48. The molecule has 1 amide bonds. The van der Waals surface area contributed by atoms with Gasteiger partial charge in [-0.2, -0.15) is 10.4 Å². The zero-order valence-electron chi connectivity index (χ0n) is 11.9. The maximum Gasteiger partial charge on any atom is 0.273 e. The van der Waals surface area contributed by atoms with Gasteiger partial charge in [0.1, 0.15) is 17.6 Å². The molecule has 0 radical (unpaired) electrons. The van der Waals surface area contributed by atoms with Crippen LogP contribution in [0.25, 0.3) is 0 Å². The van der Waals surface area contributed by atoms with Gasteiger partial charge >= 0.3 is 0 Å². The summed E-state index contributed by atoms with van der Waals surface area (Å²) in [5.74, 6) is 0.499. The maximum absolute atomic E-state index is 12.3. The molecule has 2 aromatic heterocycles. The average molecular weight is 283 g/mol. The SMILES string of the molecule is Cc1cnn(C2CCCC2)c1NC(=O)c1cc(C#N)c[nH]1. The van der Waals surface area contributed by atoms with Crippen molar-refractivity contribution >= 4 is 11.7 Å². The lowest BCUT2D eigenvalue weighted by atomic mass is 10.2. The molecule has 1 aliphatic carbocycles. The number of hydrogen-bond donors (Lipinski definition) is 2. The second-order valence-electron chi connectivity index (χ2n) is 5.43. The minimum atomic E-state index is -0.251. The van der Waals surface area contributed by atoms with E-state index in [1.807, 2.05) is 17.7 Å². The van der Waals surface area contributed by atoms with Crippen LogP contribution in [-0.2, 0) is 0 Å². The Labute approximate surface area is 122 Å². The van der Waals surface area contributed by atoms with E-state index in [1.54, 1.807) is 12.3 Å². The lowest BCUT2D eigenvalue weighted by Gasteiger charge is -2.15. The molecule has 2 aromatic rings. The first-order chi connectivity index (χ1) is 10.2. The van der Waals surface area contributed by atoms with Crippen LogP contribution in [0.5, 0.6) is 0 Å². The van der Waals surface area contributed by atoms with Gasteiger partial charge in [-0.05, 0) is 25.8 Å². The first-order valence-electron chi connectivity index (χ1n) is 7.13. The second kappa shape index (κ2) is 5.44. The fourth-order valence-corrected chi connectivity index (χ4v) is 2.79. The summed E-state index contributed by atoms with van der Waals surface area (Å²) in [4.78, 5) is 15.1. The Morgan fingerprint density at radius 3 is 2.95 bits per heavy atom. The highest BCUT2D eigenvalue weighted by Gasteiger charge is 2.22. The van der Waals surface area contributed by atoms with Gasteiger partial charge in [0.2, 0.25) is 0 Å². The number of carbonyl (C=O) groups excluding carboxylic acids is 1. The summed E-state index contributed by atoms with van der Waals surface area (Å²) in [6.45, 7) is 1.93. The van der Waals surface area contributed by atoms with Gasteiger partial charge in [0.15, 0.2) is 0 Å². The van der Waals surface area contributed by atoms with Crippen molar-refractivity contribution in [3.05, 3.63) is 35.3 Å². The topological polar surface area (TPSA) is 86.5 Å². The first kappa shape index (κ1) is 13.4. The molecule has 6 nitrogen and oxygen atoms in total.